The molecule has 0 saturated carbocycles. The van der Waals surface area contributed by atoms with E-state index in [9.17, 15) is 0 Å². The van der Waals surface area contributed by atoms with E-state index in [0.717, 1.165) is 16.5 Å². The van der Waals surface area contributed by atoms with Gasteiger partial charge in [-0.3, -0.25) is 4.40 Å². The molecule has 3 aromatic rings. The number of nitrogens with one attached hydrogen (secondary N) is 1. The van der Waals surface area contributed by atoms with Gasteiger partial charge in [-0.05, 0) is 43.7 Å². The van der Waals surface area contributed by atoms with Gasteiger partial charge in [-0.15, -0.1) is 10.2 Å². The summed E-state index contributed by atoms with van der Waals surface area (Å²) >= 11 is 5.93. The Kier molecular flexibility index (Phi) is 3.90. The van der Waals surface area contributed by atoms with Crippen LogP contribution in [0.2, 0.25) is 5.02 Å². The van der Waals surface area contributed by atoms with E-state index in [-0.39, 0.29) is 12.1 Å². The summed E-state index contributed by atoms with van der Waals surface area (Å²) < 4.78 is 2.01. The van der Waals surface area contributed by atoms with Crippen LogP contribution in [0.5, 0.6) is 0 Å². The predicted octanol–water partition coefficient (Wildman–Crippen LogP) is 3.79. The molecule has 0 saturated heterocycles. The van der Waals surface area contributed by atoms with Crippen LogP contribution in [0.3, 0.4) is 0 Å². The number of halogens is 1. The molecule has 0 spiro atoms. The molecule has 0 aliphatic carbocycles. The van der Waals surface area contributed by atoms with Gasteiger partial charge in [0.05, 0.1) is 6.04 Å². The van der Waals surface area contributed by atoms with E-state index in [0.29, 0.717) is 0 Å². The molecule has 2 atom stereocenters. The van der Waals surface area contributed by atoms with Gasteiger partial charge in [0.2, 0.25) is 0 Å². The number of benzene rings is 1. The molecule has 21 heavy (non-hydrogen) atoms. The Morgan fingerprint density at radius 1 is 1.00 bits per heavy atom. The quantitative estimate of drug-likeness (QED) is 0.797. The van der Waals surface area contributed by atoms with Crippen molar-refractivity contribution in [2.75, 3.05) is 0 Å². The Labute approximate surface area is 128 Å². The second kappa shape index (κ2) is 5.84. The van der Waals surface area contributed by atoms with Gasteiger partial charge in [-0.2, -0.15) is 0 Å². The van der Waals surface area contributed by atoms with E-state index in [4.69, 9.17) is 11.6 Å². The largest absolute Gasteiger partial charge is 0.301 e. The minimum absolute atomic E-state index is 0.0908. The highest BCUT2D eigenvalue weighted by molar-refractivity contribution is 6.30. The zero-order valence-corrected chi connectivity index (χ0v) is 12.7. The highest BCUT2D eigenvalue weighted by Crippen LogP contribution is 2.20. The monoisotopic (exact) mass is 300 g/mol. The lowest BCUT2D eigenvalue weighted by molar-refractivity contribution is 0.473. The van der Waals surface area contributed by atoms with E-state index in [1.165, 1.54) is 5.56 Å². The fraction of sp³-hybridized carbons (Fsp3) is 0.250. The van der Waals surface area contributed by atoms with Gasteiger partial charge in [0.15, 0.2) is 11.5 Å². The van der Waals surface area contributed by atoms with Crippen molar-refractivity contribution in [1.29, 1.82) is 0 Å². The smallest absolute Gasteiger partial charge is 0.160 e. The summed E-state index contributed by atoms with van der Waals surface area (Å²) in [6.07, 6.45) is 1.98. The van der Waals surface area contributed by atoms with Crippen molar-refractivity contribution in [3.63, 3.8) is 0 Å². The van der Waals surface area contributed by atoms with Crippen molar-refractivity contribution in [3.05, 3.63) is 65.1 Å². The van der Waals surface area contributed by atoms with Crippen molar-refractivity contribution in [3.8, 4) is 0 Å². The molecule has 0 radical (unpaired) electrons. The number of fused-ring (bicyclic) bond motifs is 1. The first-order chi connectivity index (χ1) is 10.1. The summed E-state index contributed by atoms with van der Waals surface area (Å²) in [6, 6.07) is 14.1. The van der Waals surface area contributed by atoms with E-state index in [2.05, 4.69) is 29.4 Å². The maximum atomic E-state index is 5.93. The number of nitrogens with zero attached hydrogens (tertiary/aromatic N) is 3. The highest BCUT2D eigenvalue weighted by atomic mass is 35.5. The van der Waals surface area contributed by atoms with Gasteiger partial charge in [-0.25, -0.2) is 0 Å². The zero-order chi connectivity index (χ0) is 14.8. The molecular weight excluding hydrogens is 284 g/mol. The third-order valence-electron chi connectivity index (χ3n) is 3.60. The highest BCUT2D eigenvalue weighted by Gasteiger charge is 2.16. The van der Waals surface area contributed by atoms with Gasteiger partial charge in [0.1, 0.15) is 0 Å². The Morgan fingerprint density at radius 2 is 1.76 bits per heavy atom. The Morgan fingerprint density at radius 3 is 2.52 bits per heavy atom. The van der Waals surface area contributed by atoms with Crippen LogP contribution in [-0.2, 0) is 0 Å². The van der Waals surface area contributed by atoms with Crippen LogP contribution in [0.4, 0.5) is 0 Å². The normalized spacial score (nSPS) is 14.2. The molecule has 1 N–H and O–H groups in total. The van der Waals surface area contributed by atoms with E-state index >= 15 is 0 Å². The molecule has 3 rings (SSSR count). The van der Waals surface area contributed by atoms with Gasteiger partial charge >= 0.3 is 0 Å². The maximum absolute atomic E-state index is 5.93. The molecular formula is C16H17ClN4. The van der Waals surface area contributed by atoms with E-state index in [1.807, 2.05) is 53.1 Å². The van der Waals surface area contributed by atoms with Crippen molar-refractivity contribution >= 4 is 17.2 Å². The van der Waals surface area contributed by atoms with Crippen LogP contribution in [0.1, 0.15) is 37.3 Å². The van der Waals surface area contributed by atoms with Gasteiger partial charge < -0.3 is 5.32 Å². The SMILES string of the molecule is CC(NC(C)c1nnc2ccccn12)c1ccc(Cl)cc1. The molecule has 0 fully saturated rings. The van der Waals surface area contributed by atoms with E-state index < -0.39 is 0 Å². The zero-order valence-electron chi connectivity index (χ0n) is 12.0. The Balaban J connectivity index is 1.79. The molecule has 2 unspecified atom stereocenters. The summed E-state index contributed by atoms with van der Waals surface area (Å²) in [6.45, 7) is 4.22. The average Bonchev–Trinajstić information content (AvgIpc) is 2.92. The van der Waals surface area contributed by atoms with Gasteiger partial charge in [0.25, 0.3) is 0 Å². The summed E-state index contributed by atoms with van der Waals surface area (Å²) in [5, 5.41) is 12.8. The number of aromatic nitrogens is 3. The minimum Gasteiger partial charge on any atom is -0.301 e. The molecule has 1 aromatic carbocycles. The van der Waals surface area contributed by atoms with Gasteiger partial charge in [-0.1, -0.05) is 29.8 Å². The molecule has 0 amide bonds. The predicted molar refractivity (Wildman–Crippen MR) is 84.4 cm³/mol. The van der Waals surface area contributed by atoms with Gasteiger partial charge in [0, 0.05) is 17.3 Å². The third-order valence-corrected chi connectivity index (χ3v) is 3.85. The molecule has 108 valence electrons. The molecule has 5 heteroatoms. The van der Waals surface area contributed by atoms with Crippen LogP contribution in [-0.4, -0.2) is 14.6 Å². The Bertz CT molecular complexity index is 735. The number of pyridine rings is 1. The van der Waals surface area contributed by atoms with Crippen LogP contribution in [0.25, 0.3) is 5.65 Å². The fourth-order valence-electron chi connectivity index (χ4n) is 2.45. The molecule has 0 bridgehead atoms. The first kappa shape index (κ1) is 14.0. The van der Waals surface area contributed by atoms with E-state index in [1.54, 1.807) is 0 Å². The number of rotatable bonds is 4. The van der Waals surface area contributed by atoms with Crippen molar-refractivity contribution in [1.82, 2.24) is 19.9 Å². The first-order valence-corrected chi connectivity index (χ1v) is 7.34. The second-order valence-electron chi connectivity index (χ2n) is 5.15. The maximum Gasteiger partial charge on any atom is 0.160 e. The average molecular weight is 301 g/mol. The van der Waals surface area contributed by atoms with Crippen LogP contribution in [0, 0.1) is 0 Å². The topological polar surface area (TPSA) is 42.2 Å². The summed E-state index contributed by atoms with van der Waals surface area (Å²) in [5.41, 5.74) is 2.06. The Hall–Kier alpha value is -1.91. The molecule has 0 aliphatic rings. The van der Waals surface area contributed by atoms with Crippen molar-refractivity contribution in [2.45, 2.75) is 25.9 Å². The van der Waals surface area contributed by atoms with Crippen LogP contribution in [0.15, 0.2) is 48.7 Å². The second-order valence-corrected chi connectivity index (χ2v) is 5.59. The number of hydrogen-bond donors (Lipinski definition) is 1. The summed E-state index contributed by atoms with van der Waals surface area (Å²) in [4.78, 5) is 0. The lowest BCUT2D eigenvalue weighted by Crippen LogP contribution is -2.24. The first-order valence-electron chi connectivity index (χ1n) is 6.96. The number of hydrogen-bond acceptors (Lipinski definition) is 3. The summed E-state index contributed by atoms with van der Waals surface area (Å²) in [5.74, 6) is 0.909. The lowest BCUT2D eigenvalue weighted by atomic mass is 10.1. The minimum atomic E-state index is 0.0908. The van der Waals surface area contributed by atoms with Crippen molar-refractivity contribution in [2.24, 2.45) is 0 Å². The molecule has 0 aliphatic heterocycles. The lowest BCUT2D eigenvalue weighted by Gasteiger charge is -2.19. The molecule has 2 heterocycles. The third kappa shape index (κ3) is 2.91. The molecule has 4 nitrogen and oxygen atoms in total. The van der Waals surface area contributed by atoms with Crippen LogP contribution < -0.4 is 5.32 Å². The van der Waals surface area contributed by atoms with Crippen LogP contribution >= 0.6 is 11.6 Å². The standard InChI is InChI=1S/C16H17ClN4/c1-11(13-6-8-14(17)9-7-13)18-12(2)16-20-19-15-5-3-4-10-21(15)16/h3-12,18H,1-2H3. The molecule has 2 aromatic heterocycles. The van der Waals surface area contributed by atoms with Crippen molar-refractivity contribution < 1.29 is 0 Å². The summed E-state index contributed by atoms with van der Waals surface area (Å²) in [7, 11) is 0. The fourth-order valence-corrected chi connectivity index (χ4v) is 2.58.